The van der Waals surface area contributed by atoms with Gasteiger partial charge in [-0.25, -0.2) is 0 Å². The Kier molecular flexibility index (Phi) is 3.22. The van der Waals surface area contributed by atoms with Crippen molar-refractivity contribution in [2.75, 3.05) is 13.9 Å². The molecule has 4 nitrogen and oxygen atoms in total. The monoisotopic (exact) mass is 222 g/mol. The molecule has 1 aromatic carbocycles. The van der Waals surface area contributed by atoms with Crippen LogP contribution >= 0.6 is 0 Å². The van der Waals surface area contributed by atoms with Crippen molar-refractivity contribution in [3.63, 3.8) is 0 Å². The Bertz CT molecular complexity index is 388. The van der Waals surface area contributed by atoms with E-state index in [0.717, 1.165) is 0 Å². The first kappa shape index (κ1) is 11.1. The van der Waals surface area contributed by atoms with E-state index >= 15 is 0 Å². The Hall–Kier alpha value is -1.39. The lowest BCUT2D eigenvalue weighted by Gasteiger charge is -2.08. The molecule has 0 saturated carbocycles. The van der Waals surface area contributed by atoms with Crippen LogP contribution < -0.4 is 4.74 Å². The molecule has 1 fully saturated rings. The summed E-state index contributed by atoms with van der Waals surface area (Å²) in [7, 11) is 1.54. The van der Waals surface area contributed by atoms with E-state index in [1.165, 1.54) is 7.11 Å². The molecule has 1 aromatic rings. The summed E-state index contributed by atoms with van der Waals surface area (Å²) in [6.45, 7) is 2.01. The molecular formula is C12H14O4. The quantitative estimate of drug-likeness (QED) is 0.431. The number of para-hydroxylation sites is 1. The van der Waals surface area contributed by atoms with Crippen molar-refractivity contribution >= 4 is 5.78 Å². The van der Waals surface area contributed by atoms with Gasteiger partial charge in [-0.1, -0.05) is 12.1 Å². The lowest BCUT2D eigenvalue weighted by Crippen LogP contribution is -2.12. The van der Waals surface area contributed by atoms with Crippen LogP contribution in [0.4, 0.5) is 0 Å². The molecule has 1 aliphatic rings. The van der Waals surface area contributed by atoms with E-state index in [2.05, 4.69) is 0 Å². The molecule has 2 atom stereocenters. The van der Waals surface area contributed by atoms with Crippen LogP contribution in [0.25, 0.3) is 0 Å². The fourth-order valence-corrected chi connectivity index (χ4v) is 1.53. The topological polar surface area (TPSA) is 48.1 Å². The number of hydrogen-bond donors (Lipinski definition) is 0. The summed E-state index contributed by atoms with van der Waals surface area (Å²) in [5, 5.41) is 0. The van der Waals surface area contributed by atoms with Crippen LogP contribution in [-0.2, 0) is 9.47 Å². The van der Waals surface area contributed by atoms with E-state index in [-0.39, 0.29) is 24.8 Å². The van der Waals surface area contributed by atoms with Gasteiger partial charge in [-0.2, -0.15) is 0 Å². The first-order chi connectivity index (χ1) is 7.74. The van der Waals surface area contributed by atoms with Crippen LogP contribution in [0.5, 0.6) is 5.75 Å². The molecule has 0 spiro atoms. The number of ketones is 1. The van der Waals surface area contributed by atoms with Crippen LogP contribution in [0, 0.1) is 0 Å². The number of epoxide rings is 1. The zero-order valence-electron chi connectivity index (χ0n) is 9.30. The fraction of sp³-hybridized carbons (Fsp3) is 0.417. The molecular weight excluding hydrogens is 208 g/mol. The Morgan fingerprint density at radius 1 is 1.44 bits per heavy atom. The number of methoxy groups -OCH3 is 1. The van der Waals surface area contributed by atoms with Crippen LogP contribution in [0.2, 0.25) is 0 Å². The van der Waals surface area contributed by atoms with E-state index in [4.69, 9.17) is 14.2 Å². The smallest absolute Gasteiger partial charge is 0.197 e. The molecule has 0 unspecified atom stereocenters. The summed E-state index contributed by atoms with van der Waals surface area (Å²) < 4.78 is 15.3. The Morgan fingerprint density at radius 3 is 2.75 bits per heavy atom. The number of ether oxygens (including phenoxy) is 3. The van der Waals surface area contributed by atoms with Crippen LogP contribution in [0.15, 0.2) is 24.3 Å². The number of carbonyl (C=O) groups excluding carboxylic acids is 1. The van der Waals surface area contributed by atoms with Gasteiger partial charge in [0.2, 0.25) is 0 Å². The lowest BCUT2D eigenvalue weighted by atomic mass is 10.1. The van der Waals surface area contributed by atoms with Gasteiger partial charge >= 0.3 is 0 Å². The summed E-state index contributed by atoms with van der Waals surface area (Å²) in [4.78, 5) is 12.0. The summed E-state index contributed by atoms with van der Waals surface area (Å²) in [5.41, 5.74) is 0.550. The maximum atomic E-state index is 12.0. The molecule has 0 amide bonds. The average molecular weight is 222 g/mol. The highest BCUT2D eigenvalue weighted by molar-refractivity contribution is 6.03. The predicted molar refractivity (Wildman–Crippen MR) is 57.6 cm³/mol. The maximum Gasteiger partial charge on any atom is 0.197 e. The Labute approximate surface area is 94.1 Å². The Balaban J connectivity index is 2.15. The van der Waals surface area contributed by atoms with Crippen molar-refractivity contribution in [1.82, 2.24) is 0 Å². The molecule has 0 radical (unpaired) electrons. The van der Waals surface area contributed by atoms with Crippen molar-refractivity contribution in [2.45, 2.75) is 19.1 Å². The van der Waals surface area contributed by atoms with Crippen LogP contribution in [0.1, 0.15) is 17.3 Å². The van der Waals surface area contributed by atoms with E-state index in [9.17, 15) is 4.79 Å². The van der Waals surface area contributed by atoms with Crippen molar-refractivity contribution in [3.8, 4) is 5.75 Å². The third-order valence-corrected chi connectivity index (χ3v) is 2.45. The summed E-state index contributed by atoms with van der Waals surface area (Å²) in [6.07, 6.45) is -0.296. The molecule has 0 N–H and O–H groups in total. The predicted octanol–water partition coefficient (Wildman–Crippen LogP) is 1.64. The van der Waals surface area contributed by atoms with Crippen LogP contribution in [-0.4, -0.2) is 31.9 Å². The summed E-state index contributed by atoms with van der Waals surface area (Å²) >= 11 is 0. The highest BCUT2D eigenvalue weighted by Gasteiger charge is 2.42. The minimum absolute atomic E-state index is 0.0166. The van der Waals surface area contributed by atoms with Gasteiger partial charge in [0.05, 0.1) is 11.7 Å². The number of carbonyl (C=O) groups is 1. The van der Waals surface area contributed by atoms with Gasteiger partial charge in [0.1, 0.15) is 11.9 Å². The van der Waals surface area contributed by atoms with Gasteiger partial charge in [-0.05, 0) is 19.1 Å². The molecule has 1 saturated heterocycles. The molecule has 2 rings (SSSR count). The van der Waals surface area contributed by atoms with E-state index in [1.807, 2.05) is 13.0 Å². The number of benzene rings is 1. The summed E-state index contributed by atoms with van der Waals surface area (Å²) in [6, 6.07) is 7.11. The van der Waals surface area contributed by atoms with Gasteiger partial charge in [0.15, 0.2) is 12.6 Å². The van der Waals surface area contributed by atoms with Crippen molar-refractivity contribution in [2.24, 2.45) is 0 Å². The molecule has 16 heavy (non-hydrogen) atoms. The normalized spacial score (nSPS) is 22.9. The van der Waals surface area contributed by atoms with Gasteiger partial charge in [-0.15, -0.1) is 0 Å². The molecule has 1 heterocycles. The minimum Gasteiger partial charge on any atom is -0.467 e. The van der Waals surface area contributed by atoms with Gasteiger partial charge < -0.3 is 14.2 Å². The lowest BCUT2D eigenvalue weighted by molar-refractivity contribution is 0.0501. The highest BCUT2D eigenvalue weighted by atomic mass is 16.7. The number of hydrogen-bond acceptors (Lipinski definition) is 4. The van der Waals surface area contributed by atoms with Gasteiger partial charge in [0, 0.05) is 7.11 Å². The standard InChI is InChI=1S/C12H14O4/c1-8-12(16-8)11(13)9-5-3-4-6-10(9)15-7-14-2/h3-6,8,12H,7H2,1-2H3/t8-,12-/m1/s1. The number of Topliss-reactive ketones (excluding diaryl/α,β-unsaturated/α-hetero) is 1. The molecule has 4 heteroatoms. The van der Waals surface area contributed by atoms with Gasteiger partial charge in [0.25, 0.3) is 0 Å². The molecule has 86 valence electrons. The van der Waals surface area contributed by atoms with Crippen LogP contribution in [0.3, 0.4) is 0 Å². The first-order valence-corrected chi connectivity index (χ1v) is 5.14. The SMILES string of the molecule is COCOc1ccccc1C(=O)[C@@H]1O[C@@H]1C. The van der Waals surface area contributed by atoms with Crippen molar-refractivity contribution in [1.29, 1.82) is 0 Å². The fourth-order valence-electron chi connectivity index (χ4n) is 1.53. The molecule has 1 aliphatic heterocycles. The van der Waals surface area contributed by atoms with E-state index < -0.39 is 0 Å². The number of rotatable bonds is 5. The van der Waals surface area contributed by atoms with Crippen molar-refractivity contribution in [3.05, 3.63) is 29.8 Å². The molecule has 0 aromatic heterocycles. The highest BCUT2D eigenvalue weighted by Crippen LogP contribution is 2.29. The van der Waals surface area contributed by atoms with E-state index in [1.54, 1.807) is 18.2 Å². The average Bonchev–Trinajstić information content (AvgIpc) is 3.03. The second-order valence-electron chi connectivity index (χ2n) is 3.67. The zero-order chi connectivity index (χ0) is 11.5. The third-order valence-electron chi connectivity index (χ3n) is 2.45. The maximum absolute atomic E-state index is 12.0. The van der Waals surface area contributed by atoms with E-state index in [0.29, 0.717) is 11.3 Å². The van der Waals surface area contributed by atoms with Crippen molar-refractivity contribution < 1.29 is 19.0 Å². The molecule has 0 aliphatic carbocycles. The van der Waals surface area contributed by atoms with Gasteiger partial charge in [-0.3, -0.25) is 4.79 Å². The minimum atomic E-state index is -0.313. The summed E-state index contributed by atoms with van der Waals surface area (Å²) in [5.74, 6) is 0.510. The third kappa shape index (κ3) is 2.23. The first-order valence-electron chi connectivity index (χ1n) is 5.14. The largest absolute Gasteiger partial charge is 0.467 e. The zero-order valence-corrected chi connectivity index (χ0v) is 9.30. The Morgan fingerprint density at radius 2 is 2.12 bits per heavy atom. The second-order valence-corrected chi connectivity index (χ2v) is 3.67. The molecule has 0 bridgehead atoms. The second kappa shape index (κ2) is 4.63.